The Morgan fingerprint density at radius 1 is 1.14 bits per heavy atom. The number of H-pyrrole nitrogens is 1. The van der Waals surface area contributed by atoms with E-state index in [-0.39, 0.29) is 29.5 Å². The lowest BCUT2D eigenvalue weighted by atomic mass is 9.91. The molecule has 2 saturated heterocycles. The van der Waals surface area contributed by atoms with E-state index in [1.54, 1.807) is 0 Å². The zero-order valence-electron chi connectivity index (χ0n) is 25.3. The van der Waals surface area contributed by atoms with E-state index in [4.69, 9.17) is 15.5 Å². The average Bonchev–Trinajstić information content (AvgIpc) is 3.64. The van der Waals surface area contributed by atoms with Gasteiger partial charge >= 0.3 is 6.01 Å². The number of aryl methyl sites for hydroxylation is 2. The summed E-state index contributed by atoms with van der Waals surface area (Å²) in [5, 5.41) is 8.41. The second-order valence-corrected chi connectivity index (χ2v) is 11.8. The molecule has 3 N–H and O–H groups in total. The van der Waals surface area contributed by atoms with E-state index in [0.717, 1.165) is 36.3 Å². The normalized spacial score (nSPS) is 19.5. The highest BCUT2D eigenvalue weighted by atomic mass is 19.1. The minimum absolute atomic E-state index is 0.0829. The lowest BCUT2D eigenvalue weighted by molar-refractivity contribution is -0.128. The first-order valence-electron chi connectivity index (χ1n) is 15.0. The maximum atomic E-state index is 16.9. The number of hydrogen-bond donors (Lipinski definition) is 2. The Morgan fingerprint density at radius 2 is 1.91 bits per heavy atom. The standard InChI is InChI=1S/C32H39FN8O2/c1-6-24(42)40-16-21(5)41(17-20(40)4)31-22-15-19(3)26(25-18(2)9-10-23-27(25)30(34)38-37-23)28(33)29(22)35-32(36-31)43-14-13-39-11-7-8-12-39/h6,9-10,15,20-21H,1,7-8,11-14,16-17H2,2-5H3,(H3,34,37,38)/t20-,21+/m1/s1. The Morgan fingerprint density at radius 3 is 2.65 bits per heavy atom. The van der Waals surface area contributed by atoms with E-state index in [1.807, 2.05) is 50.8 Å². The summed E-state index contributed by atoms with van der Waals surface area (Å²) in [5.74, 6) is 0.349. The van der Waals surface area contributed by atoms with E-state index in [2.05, 4.69) is 31.6 Å². The van der Waals surface area contributed by atoms with Gasteiger partial charge in [0.1, 0.15) is 17.9 Å². The SMILES string of the molecule is C=CC(=O)N1C[C@H](C)N(c2nc(OCCN3CCCC3)nc3c(F)c(-c4c(C)ccc5[nH]nc(N)c45)c(C)cc23)C[C@H]1C. The molecule has 1 amide bonds. The van der Waals surface area contributed by atoms with Gasteiger partial charge in [0.2, 0.25) is 5.91 Å². The molecule has 11 heteroatoms. The fraction of sp³-hybridized carbons (Fsp3) is 0.438. The summed E-state index contributed by atoms with van der Waals surface area (Å²) in [6, 6.07) is 5.74. The summed E-state index contributed by atoms with van der Waals surface area (Å²) >= 11 is 0. The number of nitrogens with zero attached hydrogens (tertiary/aromatic N) is 6. The summed E-state index contributed by atoms with van der Waals surface area (Å²) in [5.41, 5.74) is 9.92. The van der Waals surface area contributed by atoms with Crippen LogP contribution in [0.2, 0.25) is 0 Å². The third kappa shape index (κ3) is 5.15. The van der Waals surface area contributed by atoms with Gasteiger partial charge in [-0.1, -0.05) is 12.6 Å². The number of carbonyl (C=O) groups excluding carboxylic acids is 1. The molecule has 4 heterocycles. The van der Waals surface area contributed by atoms with Crippen molar-refractivity contribution in [3.8, 4) is 17.1 Å². The highest BCUT2D eigenvalue weighted by Crippen LogP contribution is 2.42. The van der Waals surface area contributed by atoms with Gasteiger partial charge in [-0.05, 0) is 83.0 Å². The van der Waals surface area contributed by atoms with Crippen LogP contribution in [0.5, 0.6) is 6.01 Å². The first kappa shape index (κ1) is 28.9. The highest BCUT2D eigenvalue weighted by Gasteiger charge is 2.34. The zero-order valence-corrected chi connectivity index (χ0v) is 25.3. The molecule has 10 nitrogen and oxygen atoms in total. The van der Waals surface area contributed by atoms with Crippen molar-refractivity contribution in [1.29, 1.82) is 0 Å². The third-order valence-electron chi connectivity index (χ3n) is 8.86. The van der Waals surface area contributed by atoms with Gasteiger partial charge in [0.05, 0.1) is 10.9 Å². The van der Waals surface area contributed by atoms with Gasteiger partial charge in [-0.15, -0.1) is 0 Å². The predicted molar refractivity (Wildman–Crippen MR) is 168 cm³/mol. The molecule has 2 fully saturated rings. The van der Waals surface area contributed by atoms with Gasteiger partial charge in [0.15, 0.2) is 11.6 Å². The average molecular weight is 587 g/mol. The summed E-state index contributed by atoms with van der Waals surface area (Å²) in [6.45, 7) is 15.8. The largest absolute Gasteiger partial charge is 0.462 e. The van der Waals surface area contributed by atoms with Gasteiger partial charge in [0, 0.05) is 48.2 Å². The summed E-state index contributed by atoms with van der Waals surface area (Å²) < 4.78 is 23.0. The number of aromatic amines is 1. The Hall–Kier alpha value is -4.25. The molecular weight excluding hydrogens is 547 g/mol. The molecule has 6 rings (SSSR count). The second-order valence-electron chi connectivity index (χ2n) is 11.8. The molecule has 43 heavy (non-hydrogen) atoms. The van der Waals surface area contributed by atoms with E-state index < -0.39 is 5.82 Å². The van der Waals surface area contributed by atoms with Crippen molar-refractivity contribution >= 4 is 39.3 Å². The molecule has 0 bridgehead atoms. The fourth-order valence-electron chi connectivity index (χ4n) is 6.59. The topological polar surface area (TPSA) is 116 Å². The molecule has 0 unspecified atom stereocenters. The van der Waals surface area contributed by atoms with Gasteiger partial charge in [-0.25, -0.2) is 4.39 Å². The molecule has 2 atom stereocenters. The number of benzene rings is 2. The minimum atomic E-state index is -0.458. The maximum absolute atomic E-state index is 16.9. The van der Waals surface area contributed by atoms with Gasteiger partial charge in [-0.2, -0.15) is 15.1 Å². The quantitative estimate of drug-likeness (QED) is 0.302. The van der Waals surface area contributed by atoms with Crippen molar-refractivity contribution in [2.75, 3.05) is 50.0 Å². The molecule has 2 aromatic heterocycles. The monoisotopic (exact) mass is 586 g/mol. The van der Waals surface area contributed by atoms with Crippen LogP contribution in [0.3, 0.4) is 0 Å². The third-order valence-corrected chi connectivity index (χ3v) is 8.86. The number of carbonyl (C=O) groups is 1. The van der Waals surface area contributed by atoms with E-state index in [9.17, 15) is 4.79 Å². The lowest BCUT2D eigenvalue weighted by Gasteiger charge is -2.44. The van der Waals surface area contributed by atoms with E-state index >= 15 is 4.39 Å². The summed E-state index contributed by atoms with van der Waals surface area (Å²) in [6.07, 6.45) is 3.72. The maximum Gasteiger partial charge on any atom is 0.319 e. The van der Waals surface area contributed by atoms with Crippen molar-refractivity contribution in [3.05, 3.63) is 47.8 Å². The number of nitrogens with one attached hydrogen (secondary N) is 1. The van der Waals surface area contributed by atoms with Gasteiger partial charge in [-0.3, -0.25) is 14.8 Å². The lowest BCUT2D eigenvalue weighted by Crippen LogP contribution is -2.58. The molecule has 0 saturated carbocycles. The number of hydrogen-bond acceptors (Lipinski definition) is 8. The second kappa shape index (κ2) is 11.4. The number of ether oxygens (including phenoxy) is 1. The number of nitrogens with two attached hydrogens (primary N) is 1. The Bertz CT molecular complexity index is 1710. The Balaban J connectivity index is 1.49. The van der Waals surface area contributed by atoms with Crippen LogP contribution in [0.1, 0.15) is 37.8 Å². The first-order valence-corrected chi connectivity index (χ1v) is 15.0. The fourth-order valence-corrected chi connectivity index (χ4v) is 6.59. The van der Waals surface area contributed by atoms with Crippen molar-refractivity contribution in [2.24, 2.45) is 0 Å². The van der Waals surface area contributed by atoms with Crippen LogP contribution in [-0.4, -0.2) is 87.3 Å². The number of amides is 1. The van der Waals surface area contributed by atoms with Crippen molar-refractivity contribution in [3.63, 3.8) is 0 Å². The number of piperazine rings is 1. The van der Waals surface area contributed by atoms with Crippen LogP contribution in [-0.2, 0) is 4.79 Å². The molecule has 4 aromatic rings. The number of likely N-dealkylation sites (tertiary alicyclic amines) is 1. The molecule has 2 aliphatic rings. The highest BCUT2D eigenvalue weighted by molar-refractivity contribution is 6.06. The molecule has 0 spiro atoms. The van der Waals surface area contributed by atoms with Crippen molar-refractivity contribution in [2.45, 2.75) is 52.6 Å². The molecule has 2 aromatic carbocycles. The molecule has 0 aliphatic carbocycles. The summed E-state index contributed by atoms with van der Waals surface area (Å²) in [4.78, 5) is 28.3. The Labute approximate surface area is 250 Å². The summed E-state index contributed by atoms with van der Waals surface area (Å²) in [7, 11) is 0. The number of fused-ring (bicyclic) bond motifs is 2. The van der Waals surface area contributed by atoms with Crippen molar-refractivity contribution in [1.82, 2.24) is 30.0 Å². The molecule has 0 radical (unpaired) electrons. The predicted octanol–water partition coefficient (Wildman–Crippen LogP) is 4.60. The number of aromatic nitrogens is 4. The van der Waals surface area contributed by atoms with Crippen LogP contribution >= 0.6 is 0 Å². The Kier molecular flexibility index (Phi) is 7.68. The zero-order chi connectivity index (χ0) is 30.4. The van der Waals surface area contributed by atoms with Crippen LogP contribution in [0, 0.1) is 19.7 Å². The first-order chi connectivity index (χ1) is 20.7. The molecular formula is C32H39FN8O2. The number of rotatable bonds is 7. The molecule has 226 valence electrons. The number of halogens is 1. The number of nitrogen functional groups attached to an aromatic ring is 1. The van der Waals surface area contributed by atoms with E-state index in [0.29, 0.717) is 53.2 Å². The minimum Gasteiger partial charge on any atom is -0.462 e. The van der Waals surface area contributed by atoms with Crippen molar-refractivity contribution < 1.29 is 13.9 Å². The van der Waals surface area contributed by atoms with E-state index in [1.165, 1.54) is 18.9 Å². The smallest absolute Gasteiger partial charge is 0.319 e. The molecule has 2 aliphatic heterocycles. The van der Waals surface area contributed by atoms with Crippen LogP contribution in [0.25, 0.3) is 32.9 Å². The number of anilines is 2. The van der Waals surface area contributed by atoms with Gasteiger partial charge in [0.25, 0.3) is 0 Å². The van der Waals surface area contributed by atoms with Gasteiger partial charge < -0.3 is 20.3 Å². The van der Waals surface area contributed by atoms with Crippen LogP contribution in [0.4, 0.5) is 16.0 Å². The van der Waals surface area contributed by atoms with Crippen LogP contribution in [0.15, 0.2) is 30.9 Å². The van der Waals surface area contributed by atoms with Crippen LogP contribution < -0.4 is 15.4 Å².